The third kappa shape index (κ3) is 5.14. The summed E-state index contributed by atoms with van der Waals surface area (Å²) in [6.07, 6.45) is 0. The van der Waals surface area contributed by atoms with Crippen molar-refractivity contribution < 1.29 is 0 Å². The first-order valence-corrected chi connectivity index (χ1v) is 15.9. The molecule has 0 fully saturated rings. The lowest BCUT2D eigenvalue weighted by atomic mass is 9.84. The Bertz CT molecular complexity index is 2150. The van der Waals surface area contributed by atoms with Crippen molar-refractivity contribution >= 4 is 43.1 Å². The standard InChI is InChI=1S/C40H26.2C2H6/c1-2-13-29-25-31(24-23-27(29)11-1)30-15-9-16-32(26-30)39-35-18-5-7-20-37(35)40(38-21-8-6-19-36(38)39)34-22-10-14-28-12-3-4-17-33(28)34;2*1-2/h1-26H;2*1-2H3. The molecule has 0 nitrogen and oxygen atoms in total. The van der Waals surface area contributed by atoms with Gasteiger partial charge < -0.3 is 0 Å². The van der Waals surface area contributed by atoms with Crippen LogP contribution in [0.25, 0.3) is 76.5 Å². The van der Waals surface area contributed by atoms with Crippen molar-refractivity contribution in [2.75, 3.05) is 0 Å². The van der Waals surface area contributed by atoms with Gasteiger partial charge in [0.05, 0.1) is 0 Å². The zero-order chi connectivity index (χ0) is 30.5. The maximum Gasteiger partial charge on any atom is -0.00201 e. The van der Waals surface area contributed by atoms with E-state index in [1.165, 1.54) is 76.5 Å². The molecule has 0 saturated carbocycles. The summed E-state index contributed by atoms with van der Waals surface area (Å²) in [7, 11) is 0. The highest BCUT2D eigenvalue weighted by Crippen LogP contribution is 2.45. The number of benzene rings is 8. The molecule has 0 unspecified atom stereocenters. The Kier molecular flexibility index (Phi) is 8.52. The Hall–Kier alpha value is -5.20. The summed E-state index contributed by atoms with van der Waals surface area (Å²) in [6.45, 7) is 8.00. The summed E-state index contributed by atoms with van der Waals surface area (Å²) in [4.78, 5) is 0. The molecule has 0 heterocycles. The van der Waals surface area contributed by atoms with Gasteiger partial charge in [-0.3, -0.25) is 0 Å². The SMILES string of the molecule is CC.CC.c1cc(-c2ccc3ccccc3c2)cc(-c2c3ccccc3c(-c3cccc4ccccc34)c3ccccc23)c1. The molecule has 0 aromatic heterocycles. The first-order chi connectivity index (χ1) is 21.8. The van der Waals surface area contributed by atoms with Gasteiger partial charge in [0.25, 0.3) is 0 Å². The summed E-state index contributed by atoms with van der Waals surface area (Å²) in [5.74, 6) is 0. The van der Waals surface area contributed by atoms with E-state index in [-0.39, 0.29) is 0 Å². The first-order valence-electron chi connectivity index (χ1n) is 15.9. The van der Waals surface area contributed by atoms with E-state index in [1.807, 2.05) is 27.7 Å². The smallest absolute Gasteiger partial charge is 0.00201 e. The van der Waals surface area contributed by atoms with Crippen LogP contribution in [0.15, 0.2) is 158 Å². The number of hydrogen-bond acceptors (Lipinski definition) is 0. The van der Waals surface area contributed by atoms with Gasteiger partial charge in [0, 0.05) is 0 Å². The van der Waals surface area contributed by atoms with E-state index in [0.717, 1.165) is 0 Å². The second-order valence-corrected chi connectivity index (χ2v) is 10.5. The van der Waals surface area contributed by atoms with Gasteiger partial charge in [-0.2, -0.15) is 0 Å². The molecule has 0 amide bonds. The van der Waals surface area contributed by atoms with Gasteiger partial charge in [-0.05, 0) is 88.6 Å². The van der Waals surface area contributed by atoms with E-state index >= 15 is 0 Å². The van der Waals surface area contributed by atoms with Crippen LogP contribution in [0.5, 0.6) is 0 Å². The molecule has 0 aliphatic rings. The second-order valence-electron chi connectivity index (χ2n) is 10.5. The van der Waals surface area contributed by atoms with Crippen LogP contribution in [0.4, 0.5) is 0 Å². The van der Waals surface area contributed by atoms with E-state index in [1.54, 1.807) is 0 Å². The van der Waals surface area contributed by atoms with Gasteiger partial charge in [0.2, 0.25) is 0 Å². The van der Waals surface area contributed by atoms with Crippen molar-refractivity contribution in [3.8, 4) is 33.4 Å². The van der Waals surface area contributed by atoms with Crippen LogP contribution in [-0.2, 0) is 0 Å². The van der Waals surface area contributed by atoms with Crippen LogP contribution in [0, 0.1) is 0 Å². The van der Waals surface area contributed by atoms with Gasteiger partial charge in [0.1, 0.15) is 0 Å². The zero-order valence-corrected chi connectivity index (χ0v) is 26.0. The lowest BCUT2D eigenvalue weighted by molar-refractivity contribution is 1.50. The molecule has 8 aromatic rings. The minimum Gasteiger partial charge on any atom is -0.0683 e. The monoisotopic (exact) mass is 566 g/mol. The predicted molar refractivity (Wildman–Crippen MR) is 195 cm³/mol. The normalized spacial score (nSPS) is 10.7. The number of rotatable bonds is 3. The molecule has 8 aromatic carbocycles. The summed E-state index contributed by atoms with van der Waals surface area (Å²) < 4.78 is 0. The van der Waals surface area contributed by atoms with Crippen LogP contribution in [0.2, 0.25) is 0 Å². The second kappa shape index (κ2) is 13.0. The molecule has 0 saturated heterocycles. The van der Waals surface area contributed by atoms with E-state index in [2.05, 4.69) is 158 Å². The van der Waals surface area contributed by atoms with Crippen molar-refractivity contribution in [3.63, 3.8) is 0 Å². The molecule has 44 heavy (non-hydrogen) atoms. The summed E-state index contributed by atoms with van der Waals surface area (Å²) in [6, 6.07) is 57.6. The Morgan fingerprint density at radius 3 is 1.39 bits per heavy atom. The van der Waals surface area contributed by atoms with E-state index < -0.39 is 0 Å². The molecule has 0 spiro atoms. The zero-order valence-electron chi connectivity index (χ0n) is 26.0. The molecule has 0 aliphatic carbocycles. The molecule has 214 valence electrons. The highest BCUT2D eigenvalue weighted by atomic mass is 14.2. The summed E-state index contributed by atoms with van der Waals surface area (Å²) >= 11 is 0. The van der Waals surface area contributed by atoms with Crippen molar-refractivity contribution in [3.05, 3.63) is 158 Å². The average molecular weight is 567 g/mol. The molecule has 0 radical (unpaired) electrons. The third-order valence-electron chi connectivity index (χ3n) is 8.22. The lowest BCUT2D eigenvalue weighted by Crippen LogP contribution is -1.92. The Morgan fingerprint density at radius 1 is 0.273 bits per heavy atom. The molecular weight excluding hydrogens is 528 g/mol. The van der Waals surface area contributed by atoms with Gasteiger partial charge in [-0.25, -0.2) is 0 Å². The maximum absolute atomic E-state index is 2.36. The number of hydrogen-bond donors (Lipinski definition) is 0. The molecule has 8 rings (SSSR count). The van der Waals surface area contributed by atoms with Gasteiger partial charge in [-0.15, -0.1) is 0 Å². The van der Waals surface area contributed by atoms with E-state index in [9.17, 15) is 0 Å². The summed E-state index contributed by atoms with van der Waals surface area (Å²) in [5, 5.41) is 10.2. The molecule has 0 N–H and O–H groups in total. The van der Waals surface area contributed by atoms with Gasteiger partial charge in [0.15, 0.2) is 0 Å². The Morgan fingerprint density at radius 2 is 0.727 bits per heavy atom. The summed E-state index contributed by atoms with van der Waals surface area (Å²) in [5.41, 5.74) is 7.58. The first kappa shape index (κ1) is 28.9. The fourth-order valence-electron chi connectivity index (χ4n) is 6.40. The third-order valence-corrected chi connectivity index (χ3v) is 8.22. The number of fused-ring (bicyclic) bond motifs is 4. The van der Waals surface area contributed by atoms with Crippen LogP contribution >= 0.6 is 0 Å². The topological polar surface area (TPSA) is 0 Å². The highest BCUT2D eigenvalue weighted by Gasteiger charge is 2.18. The Labute approximate surface area is 261 Å². The van der Waals surface area contributed by atoms with E-state index in [4.69, 9.17) is 0 Å². The lowest BCUT2D eigenvalue weighted by Gasteiger charge is -2.19. The molecule has 0 bridgehead atoms. The fraction of sp³-hybridized carbons (Fsp3) is 0.0909. The van der Waals surface area contributed by atoms with Crippen LogP contribution < -0.4 is 0 Å². The largest absolute Gasteiger partial charge is 0.0683 e. The minimum absolute atomic E-state index is 1.23. The molecule has 0 aliphatic heterocycles. The van der Waals surface area contributed by atoms with Crippen LogP contribution in [0.1, 0.15) is 27.7 Å². The van der Waals surface area contributed by atoms with Crippen molar-refractivity contribution in [2.24, 2.45) is 0 Å². The Balaban J connectivity index is 0.000000826. The van der Waals surface area contributed by atoms with E-state index in [0.29, 0.717) is 0 Å². The van der Waals surface area contributed by atoms with Gasteiger partial charge >= 0.3 is 0 Å². The van der Waals surface area contributed by atoms with Crippen molar-refractivity contribution in [1.29, 1.82) is 0 Å². The van der Waals surface area contributed by atoms with Gasteiger partial charge in [-0.1, -0.05) is 173 Å². The van der Waals surface area contributed by atoms with Crippen molar-refractivity contribution in [1.82, 2.24) is 0 Å². The average Bonchev–Trinajstić information content (AvgIpc) is 3.12. The molecule has 0 heteroatoms. The highest BCUT2D eigenvalue weighted by molar-refractivity contribution is 6.23. The van der Waals surface area contributed by atoms with Crippen molar-refractivity contribution in [2.45, 2.75) is 27.7 Å². The maximum atomic E-state index is 2.36. The quantitative estimate of drug-likeness (QED) is 0.187. The fourth-order valence-corrected chi connectivity index (χ4v) is 6.40. The predicted octanol–water partition coefficient (Wildman–Crippen LogP) is 13.4. The van der Waals surface area contributed by atoms with Crippen LogP contribution in [0.3, 0.4) is 0 Å². The minimum atomic E-state index is 1.23. The molecular formula is C44H38. The molecule has 0 atom stereocenters. The van der Waals surface area contributed by atoms with Crippen LogP contribution in [-0.4, -0.2) is 0 Å².